The number of aromatic nitrogens is 2. The monoisotopic (exact) mass is 210 g/mol. The van der Waals surface area contributed by atoms with Crippen molar-refractivity contribution in [1.29, 1.82) is 0 Å². The highest BCUT2D eigenvalue weighted by molar-refractivity contribution is 5.90. The van der Waals surface area contributed by atoms with Gasteiger partial charge >= 0.3 is 0 Å². The van der Waals surface area contributed by atoms with Crippen molar-refractivity contribution < 1.29 is 0 Å². The van der Waals surface area contributed by atoms with Gasteiger partial charge in [-0.1, -0.05) is 24.3 Å². The van der Waals surface area contributed by atoms with Crippen LogP contribution >= 0.6 is 12.4 Å². The molecule has 0 saturated heterocycles. The Labute approximate surface area is 88.1 Å². The largest absolute Gasteiger partial charge is 0.304 e. The average molecular weight is 211 g/mol. The van der Waals surface area contributed by atoms with Gasteiger partial charge in [0.25, 0.3) is 0 Å². The van der Waals surface area contributed by atoms with E-state index in [-0.39, 0.29) is 12.4 Å². The van der Waals surface area contributed by atoms with Crippen LogP contribution in [0.1, 0.15) is 0 Å². The maximum absolute atomic E-state index is 3.97. The number of hydrogen-bond donors (Lipinski definition) is 2. The molecule has 0 aliphatic carbocycles. The zero-order chi connectivity index (χ0) is 9.10. The highest BCUT2D eigenvalue weighted by atomic mass is 35.5. The number of nitrogens with zero attached hydrogens (tertiary/aromatic N) is 2. The lowest BCUT2D eigenvalue weighted by Crippen LogP contribution is -2.16. The van der Waals surface area contributed by atoms with E-state index < -0.39 is 0 Å². The minimum Gasteiger partial charge on any atom is -0.304 e. The van der Waals surface area contributed by atoms with E-state index in [9.17, 15) is 0 Å². The third-order valence-corrected chi connectivity index (χ3v) is 1.81. The van der Waals surface area contributed by atoms with E-state index in [4.69, 9.17) is 0 Å². The smallest absolute Gasteiger partial charge is 0.170 e. The predicted molar refractivity (Wildman–Crippen MR) is 59.5 cm³/mol. The van der Waals surface area contributed by atoms with Gasteiger partial charge in [-0.15, -0.1) is 17.5 Å². The van der Waals surface area contributed by atoms with Gasteiger partial charge in [0.15, 0.2) is 5.82 Å². The van der Waals surface area contributed by atoms with Gasteiger partial charge in [0.2, 0.25) is 0 Å². The Morgan fingerprint density at radius 1 is 1.21 bits per heavy atom. The first-order chi connectivity index (χ1) is 6.42. The van der Waals surface area contributed by atoms with Crippen LogP contribution < -0.4 is 10.9 Å². The van der Waals surface area contributed by atoms with Crippen LogP contribution in [0, 0.1) is 0 Å². The molecule has 2 N–H and O–H groups in total. The lowest BCUT2D eigenvalue weighted by atomic mass is 10.2. The zero-order valence-electron chi connectivity index (χ0n) is 7.69. The van der Waals surface area contributed by atoms with Gasteiger partial charge in [-0.25, -0.2) is 5.43 Å². The number of benzene rings is 1. The van der Waals surface area contributed by atoms with Crippen LogP contribution in [0.3, 0.4) is 0 Å². The first kappa shape index (κ1) is 10.7. The van der Waals surface area contributed by atoms with Gasteiger partial charge in [0.1, 0.15) is 0 Å². The van der Waals surface area contributed by atoms with Crippen LogP contribution in [0.4, 0.5) is 5.82 Å². The topological polar surface area (TPSA) is 49.8 Å². The molecule has 0 radical (unpaired) electrons. The zero-order valence-corrected chi connectivity index (χ0v) is 8.51. The minimum atomic E-state index is 0. The summed E-state index contributed by atoms with van der Waals surface area (Å²) in [6, 6.07) is 7.96. The Balaban J connectivity index is 0.000000980. The molecule has 0 atom stereocenters. The van der Waals surface area contributed by atoms with Gasteiger partial charge in [-0.2, -0.15) is 5.10 Å². The summed E-state index contributed by atoms with van der Waals surface area (Å²) in [5.41, 5.74) is 5.75. The number of hydrogen-bond acceptors (Lipinski definition) is 4. The average Bonchev–Trinajstić information content (AvgIpc) is 2.19. The van der Waals surface area contributed by atoms with Gasteiger partial charge in [-0.05, 0) is 0 Å². The highest BCUT2D eigenvalue weighted by Gasteiger charge is 1.99. The fourth-order valence-electron chi connectivity index (χ4n) is 1.24. The third kappa shape index (κ3) is 1.92. The number of rotatable bonds is 2. The molecular weight excluding hydrogens is 200 g/mol. The van der Waals surface area contributed by atoms with Crippen LogP contribution in [0.2, 0.25) is 0 Å². The maximum Gasteiger partial charge on any atom is 0.170 e. The number of fused-ring (bicyclic) bond motifs is 1. The Morgan fingerprint density at radius 3 is 2.79 bits per heavy atom. The van der Waals surface area contributed by atoms with Crippen molar-refractivity contribution in [1.82, 2.24) is 15.6 Å². The second-order valence-electron chi connectivity index (χ2n) is 2.66. The minimum absolute atomic E-state index is 0. The Morgan fingerprint density at radius 2 is 2.00 bits per heavy atom. The Hall–Kier alpha value is -1.39. The van der Waals surface area contributed by atoms with Crippen LogP contribution in [0.25, 0.3) is 10.8 Å². The van der Waals surface area contributed by atoms with Crippen LogP contribution in [0.5, 0.6) is 0 Å². The van der Waals surface area contributed by atoms with Crippen LogP contribution in [-0.4, -0.2) is 17.2 Å². The lowest BCUT2D eigenvalue weighted by Gasteiger charge is -2.04. The molecule has 14 heavy (non-hydrogen) atoms. The summed E-state index contributed by atoms with van der Waals surface area (Å²) >= 11 is 0. The van der Waals surface area contributed by atoms with Gasteiger partial charge in [0, 0.05) is 17.8 Å². The predicted octanol–water partition coefficient (Wildman–Crippen LogP) is 1.60. The quantitative estimate of drug-likeness (QED) is 0.740. The summed E-state index contributed by atoms with van der Waals surface area (Å²) < 4.78 is 0. The second kappa shape index (κ2) is 4.74. The molecule has 0 aliphatic heterocycles. The molecule has 5 heteroatoms. The molecule has 74 valence electrons. The number of nitrogens with one attached hydrogen (secondary N) is 2. The Kier molecular flexibility index (Phi) is 3.62. The molecule has 0 saturated carbocycles. The molecule has 0 aliphatic rings. The standard InChI is InChI=1S/C9H10N4.ClH/c1-10-12-9-8-5-3-2-4-7(8)6-11-13-9;/h2-6,10H,1H3,(H,12,13);1H. The molecule has 0 fully saturated rings. The SMILES string of the molecule is CNNc1nncc2ccccc12.Cl. The van der Waals surface area contributed by atoms with Crippen molar-refractivity contribution in [3.63, 3.8) is 0 Å². The molecule has 0 unspecified atom stereocenters. The molecule has 1 heterocycles. The highest BCUT2D eigenvalue weighted by Crippen LogP contribution is 2.17. The molecule has 2 rings (SSSR count). The van der Waals surface area contributed by atoms with E-state index in [1.807, 2.05) is 24.3 Å². The summed E-state index contributed by atoms with van der Waals surface area (Å²) in [6.45, 7) is 0. The van der Waals surface area contributed by atoms with E-state index in [1.54, 1.807) is 13.2 Å². The third-order valence-electron chi connectivity index (χ3n) is 1.81. The van der Waals surface area contributed by atoms with E-state index in [2.05, 4.69) is 21.0 Å². The molecule has 2 aromatic rings. The van der Waals surface area contributed by atoms with Crippen molar-refractivity contribution in [3.8, 4) is 0 Å². The summed E-state index contributed by atoms with van der Waals surface area (Å²) in [6.07, 6.45) is 1.75. The molecule has 4 nitrogen and oxygen atoms in total. The first-order valence-electron chi connectivity index (χ1n) is 4.05. The fourth-order valence-corrected chi connectivity index (χ4v) is 1.24. The Bertz CT molecular complexity index is 413. The van der Waals surface area contributed by atoms with Crippen molar-refractivity contribution in [2.24, 2.45) is 0 Å². The van der Waals surface area contributed by atoms with Gasteiger partial charge in [0.05, 0.1) is 6.20 Å². The lowest BCUT2D eigenvalue weighted by molar-refractivity contribution is 0.938. The molecular formula is C9H11ClN4. The number of hydrazine groups is 1. The van der Waals surface area contributed by atoms with Crippen molar-refractivity contribution in [2.75, 3.05) is 12.5 Å². The fraction of sp³-hybridized carbons (Fsp3) is 0.111. The summed E-state index contributed by atoms with van der Waals surface area (Å²) in [5, 5.41) is 9.99. The maximum atomic E-state index is 3.97. The van der Waals surface area contributed by atoms with E-state index in [0.717, 1.165) is 16.6 Å². The molecule has 0 spiro atoms. The second-order valence-corrected chi connectivity index (χ2v) is 2.66. The first-order valence-corrected chi connectivity index (χ1v) is 4.05. The molecule has 1 aromatic carbocycles. The van der Waals surface area contributed by atoms with Crippen LogP contribution in [-0.2, 0) is 0 Å². The van der Waals surface area contributed by atoms with Crippen molar-refractivity contribution >= 4 is 29.0 Å². The van der Waals surface area contributed by atoms with E-state index in [1.165, 1.54) is 0 Å². The van der Waals surface area contributed by atoms with E-state index in [0.29, 0.717) is 0 Å². The summed E-state index contributed by atoms with van der Waals surface area (Å²) in [7, 11) is 1.80. The van der Waals surface area contributed by atoms with E-state index >= 15 is 0 Å². The molecule has 1 aromatic heterocycles. The van der Waals surface area contributed by atoms with Crippen LogP contribution in [0.15, 0.2) is 30.5 Å². The molecule has 0 amide bonds. The summed E-state index contributed by atoms with van der Waals surface area (Å²) in [4.78, 5) is 0. The van der Waals surface area contributed by atoms with Crippen molar-refractivity contribution in [2.45, 2.75) is 0 Å². The van der Waals surface area contributed by atoms with Crippen molar-refractivity contribution in [3.05, 3.63) is 30.5 Å². The van der Waals surface area contributed by atoms with Gasteiger partial charge < -0.3 is 5.43 Å². The number of anilines is 1. The van der Waals surface area contributed by atoms with Gasteiger partial charge in [-0.3, -0.25) is 0 Å². The summed E-state index contributed by atoms with van der Waals surface area (Å²) in [5.74, 6) is 0.751. The normalized spacial score (nSPS) is 9.50. The number of halogens is 1. The molecule has 0 bridgehead atoms.